The molecule has 0 saturated heterocycles. The fourth-order valence-corrected chi connectivity index (χ4v) is 3.35. The molecule has 1 fully saturated rings. The van der Waals surface area contributed by atoms with E-state index in [4.69, 9.17) is 0 Å². The summed E-state index contributed by atoms with van der Waals surface area (Å²) in [6.07, 6.45) is 6.22. The zero-order valence-corrected chi connectivity index (χ0v) is 11.9. The molecule has 0 unspecified atom stereocenters. The van der Waals surface area contributed by atoms with Crippen LogP contribution in [0.3, 0.4) is 0 Å². The van der Waals surface area contributed by atoms with Crippen molar-refractivity contribution in [2.75, 3.05) is 0 Å². The average molecular weight is 295 g/mol. The van der Waals surface area contributed by atoms with Gasteiger partial charge in [-0.1, -0.05) is 47.8 Å². The number of hydrogen-bond donors (Lipinski definition) is 0. The highest BCUT2D eigenvalue weighted by molar-refractivity contribution is 9.10. The van der Waals surface area contributed by atoms with Crippen molar-refractivity contribution < 1.29 is 4.79 Å². The molecule has 0 aromatic heterocycles. The van der Waals surface area contributed by atoms with Gasteiger partial charge in [-0.3, -0.25) is 4.79 Å². The minimum absolute atomic E-state index is 0.0116. The molecule has 0 N–H and O–H groups in total. The summed E-state index contributed by atoms with van der Waals surface area (Å²) in [6.45, 7) is 2.16. The van der Waals surface area contributed by atoms with Crippen LogP contribution < -0.4 is 0 Å². The van der Waals surface area contributed by atoms with Gasteiger partial charge in [0.05, 0.1) is 0 Å². The van der Waals surface area contributed by atoms with Crippen molar-refractivity contribution in [2.24, 2.45) is 5.41 Å². The lowest BCUT2D eigenvalue weighted by Gasteiger charge is -2.25. The molecule has 0 amide bonds. The predicted molar refractivity (Wildman–Crippen MR) is 74.0 cm³/mol. The Morgan fingerprint density at radius 1 is 1.35 bits per heavy atom. The van der Waals surface area contributed by atoms with Crippen LogP contribution in [0, 0.1) is 5.41 Å². The number of carbonyl (C=O) groups excluding carboxylic acids is 1. The van der Waals surface area contributed by atoms with E-state index in [1.165, 1.54) is 12.8 Å². The highest BCUT2D eigenvalue weighted by Crippen LogP contribution is 2.42. The van der Waals surface area contributed by atoms with E-state index in [0.717, 1.165) is 29.3 Å². The van der Waals surface area contributed by atoms with Gasteiger partial charge in [0.25, 0.3) is 0 Å². The van der Waals surface area contributed by atoms with Gasteiger partial charge in [-0.15, -0.1) is 0 Å². The zero-order chi connectivity index (χ0) is 12.3. The topological polar surface area (TPSA) is 17.1 Å². The average Bonchev–Trinajstić information content (AvgIpc) is 2.78. The molecule has 1 aliphatic carbocycles. The number of ketones is 1. The number of Topliss-reactive ketones (excluding diaryl/α,β-unsaturated/α-hetero) is 1. The first-order valence-corrected chi connectivity index (χ1v) is 7.23. The Morgan fingerprint density at radius 2 is 2.06 bits per heavy atom. The molecule has 0 heterocycles. The van der Waals surface area contributed by atoms with Crippen LogP contribution in [0.25, 0.3) is 0 Å². The Hall–Kier alpha value is -0.630. The third-order valence-electron chi connectivity index (χ3n) is 4.08. The van der Waals surface area contributed by atoms with E-state index in [1.54, 1.807) is 0 Å². The second-order valence-corrected chi connectivity index (χ2v) is 5.99. The maximum atomic E-state index is 12.5. The molecule has 92 valence electrons. The van der Waals surface area contributed by atoms with E-state index < -0.39 is 0 Å². The minimum Gasteiger partial charge on any atom is -0.299 e. The quantitative estimate of drug-likeness (QED) is 0.797. The SMILES string of the molecule is CCC1(C(=O)Cc2cccc(Br)c2)CCCC1. The minimum atomic E-state index is -0.0116. The number of rotatable bonds is 4. The van der Waals surface area contributed by atoms with Crippen molar-refractivity contribution in [1.29, 1.82) is 0 Å². The van der Waals surface area contributed by atoms with Gasteiger partial charge < -0.3 is 0 Å². The zero-order valence-electron chi connectivity index (χ0n) is 10.3. The number of hydrogen-bond acceptors (Lipinski definition) is 1. The van der Waals surface area contributed by atoms with Crippen LogP contribution in [0.4, 0.5) is 0 Å². The van der Waals surface area contributed by atoms with E-state index in [9.17, 15) is 4.79 Å². The molecule has 0 radical (unpaired) electrons. The van der Waals surface area contributed by atoms with Crippen LogP contribution in [0.1, 0.15) is 44.6 Å². The molecule has 1 saturated carbocycles. The molecule has 0 spiro atoms. The largest absolute Gasteiger partial charge is 0.299 e. The standard InChI is InChI=1S/C15H19BrO/c1-2-15(8-3-4-9-15)14(17)11-12-6-5-7-13(16)10-12/h5-7,10H,2-4,8-9,11H2,1H3. The predicted octanol–water partition coefficient (Wildman–Crippen LogP) is 4.53. The van der Waals surface area contributed by atoms with Gasteiger partial charge in [-0.05, 0) is 37.0 Å². The Labute approximate surface area is 112 Å². The van der Waals surface area contributed by atoms with Crippen molar-refractivity contribution in [3.8, 4) is 0 Å². The van der Waals surface area contributed by atoms with Gasteiger partial charge in [0.2, 0.25) is 0 Å². The third-order valence-corrected chi connectivity index (χ3v) is 4.58. The maximum Gasteiger partial charge on any atom is 0.143 e. The van der Waals surface area contributed by atoms with Crippen molar-refractivity contribution in [1.82, 2.24) is 0 Å². The lowest BCUT2D eigenvalue weighted by atomic mass is 9.77. The number of halogens is 1. The van der Waals surface area contributed by atoms with Gasteiger partial charge >= 0.3 is 0 Å². The van der Waals surface area contributed by atoms with Gasteiger partial charge in [0.1, 0.15) is 5.78 Å². The van der Waals surface area contributed by atoms with Crippen molar-refractivity contribution >= 4 is 21.7 Å². The Kier molecular flexibility index (Phi) is 4.03. The molecule has 17 heavy (non-hydrogen) atoms. The lowest BCUT2D eigenvalue weighted by Crippen LogP contribution is -2.28. The normalized spacial score (nSPS) is 18.2. The Bertz CT molecular complexity index is 405. The highest BCUT2D eigenvalue weighted by atomic mass is 79.9. The molecule has 1 aliphatic rings. The van der Waals surface area contributed by atoms with Gasteiger partial charge in [-0.25, -0.2) is 0 Å². The van der Waals surface area contributed by atoms with Crippen LogP contribution >= 0.6 is 15.9 Å². The van der Waals surface area contributed by atoms with E-state index in [2.05, 4.69) is 28.9 Å². The van der Waals surface area contributed by atoms with Gasteiger partial charge in [0, 0.05) is 16.3 Å². The van der Waals surface area contributed by atoms with Gasteiger partial charge in [-0.2, -0.15) is 0 Å². The summed E-state index contributed by atoms with van der Waals surface area (Å²) in [6, 6.07) is 8.09. The number of carbonyl (C=O) groups is 1. The molecule has 1 nitrogen and oxygen atoms in total. The number of benzene rings is 1. The van der Waals surface area contributed by atoms with Crippen LogP contribution in [0.5, 0.6) is 0 Å². The first-order valence-electron chi connectivity index (χ1n) is 6.44. The van der Waals surface area contributed by atoms with Crippen LogP contribution in [-0.2, 0) is 11.2 Å². The molecular weight excluding hydrogens is 276 g/mol. The van der Waals surface area contributed by atoms with Crippen LogP contribution in [0.2, 0.25) is 0 Å². The first-order chi connectivity index (χ1) is 8.16. The Morgan fingerprint density at radius 3 is 2.65 bits per heavy atom. The second-order valence-electron chi connectivity index (χ2n) is 5.07. The molecule has 1 aromatic rings. The fraction of sp³-hybridized carbons (Fsp3) is 0.533. The van der Waals surface area contributed by atoms with Gasteiger partial charge in [0.15, 0.2) is 0 Å². The molecule has 0 bridgehead atoms. The summed E-state index contributed by atoms with van der Waals surface area (Å²) in [5, 5.41) is 0. The lowest BCUT2D eigenvalue weighted by molar-refractivity contribution is -0.128. The molecule has 1 aromatic carbocycles. The fourth-order valence-electron chi connectivity index (χ4n) is 2.90. The summed E-state index contributed by atoms with van der Waals surface area (Å²) in [4.78, 5) is 12.5. The first kappa shape index (κ1) is 12.8. The highest BCUT2D eigenvalue weighted by Gasteiger charge is 2.38. The summed E-state index contributed by atoms with van der Waals surface area (Å²) in [5.41, 5.74) is 1.12. The molecule has 0 aliphatic heterocycles. The third kappa shape index (κ3) is 2.79. The second kappa shape index (κ2) is 5.34. The molecule has 0 atom stereocenters. The van der Waals surface area contributed by atoms with Crippen molar-refractivity contribution in [3.05, 3.63) is 34.3 Å². The Balaban J connectivity index is 2.10. The van der Waals surface area contributed by atoms with Crippen molar-refractivity contribution in [3.63, 3.8) is 0 Å². The summed E-state index contributed by atoms with van der Waals surface area (Å²) in [7, 11) is 0. The van der Waals surface area contributed by atoms with E-state index in [1.807, 2.05) is 18.2 Å². The summed E-state index contributed by atoms with van der Waals surface area (Å²) in [5.74, 6) is 0.440. The van der Waals surface area contributed by atoms with Crippen LogP contribution in [0.15, 0.2) is 28.7 Å². The molecule has 2 heteroatoms. The van der Waals surface area contributed by atoms with Crippen LogP contribution in [-0.4, -0.2) is 5.78 Å². The van der Waals surface area contributed by atoms with E-state index in [0.29, 0.717) is 12.2 Å². The smallest absolute Gasteiger partial charge is 0.143 e. The van der Waals surface area contributed by atoms with E-state index >= 15 is 0 Å². The molecule has 2 rings (SSSR count). The van der Waals surface area contributed by atoms with Crippen molar-refractivity contribution in [2.45, 2.75) is 45.4 Å². The monoisotopic (exact) mass is 294 g/mol. The summed E-state index contributed by atoms with van der Waals surface area (Å²) >= 11 is 3.45. The maximum absolute atomic E-state index is 12.5. The summed E-state index contributed by atoms with van der Waals surface area (Å²) < 4.78 is 1.06. The van der Waals surface area contributed by atoms with E-state index in [-0.39, 0.29) is 5.41 Å². The molecular formula is C15H19BrO.